The van der Waals surface area contributed by atoms with Gasteiger partial charge in [-0.15, -0.1) is 21.5 Å². The molecule has 0 spiro atoms. The van der Waals surface area contributed by atoms with E-state index in [1.165, 1.54) is 0 Å². The molecule has 2 aromatic heterocycles. The van der Waals surface area contributed by atoms with E-state index < -0.39 is 11.2 Å². The molecule has 0 bridgehead atoms. The molecule has 0 saturated carbocycles. The predicted octanol–water partition coefficient (Wildman–Crippen LogP) is 4.93. The number of alkyl halides is 3. The molecule has 3 aromatic rings. The zero-order valence-electron chi connectivity index (χ0n) is 18.5. The summed E-state index contributed by atoms with van der Waals surface area (Å²) in [5.74, 6) is -0.225. The summed E-state index contributed by atoms with van der Waals surface area (Å²) >= 11 is 3.76. The minimum atomic E-state index is -4.49. The number of carbonyl (C=O) groups is 1. The van der Waals surface area contributed by atoms with Gasteiger partial charge in [-0.05, 0) is 30.5 Å². The van der Waals surface area contributed by atoms with E-state index in [1.54, 1.807) is 28.0 Å². The Hall–Kier alpha value is -2.77. The van der Waals surface area contributed by atoms with Crippen LogP contribution in [0.3, 0.4) is 0 Å². The Balaban J connectivity index is 1.23. The lowest BCUT2D eigenvalue weighted by Crippen LogP contribution is -2.46. The first-order valence-corrected chi connectivity index (χ1v) is 13.3. The van der Waals surface area contributed by atoms with Crippen LogP contribution < -0.4 is 20.4 Å². The number of carbonyl (C=O) groups excluding carboxylic acids is 1. The van der Waals surface area contributed by atoms with Crippen LogP contribution in [0, 0.1) is 0 Å². The molecular formula is C22H21F3N6OS3. The van der Waals surface area contributed by atoms with Crippen LogP contribution in [0.4, 0.5) is 29.7 Å². The summed E-state index contributed by atoms with van der Waals surface area (Å²) in [6.07, 6.45) is -4.49. The molecule has 35 heavy (non-hydrogen) atoms. The van der Waals surface area contributed by atoms with Crippen molar-refractivity contribution in [1.82, 2.24) is 15.5 Å². The Morgan fingerprint density at radius 3 is 2.51 bits per heavy atom. The largest absolute Gasteiger partial charge is 0.445 e. The zero-order valence-corrected chi connectivity index (χ0v) is 21.0. The van der Waals surface area contributed by atoms with E-state index in [2.05, 4.69) is 25.7 Å². The van der Waals surface area contributed by atoms with Gasteiger partial charge in [-0.1, -0.05) is 41.3 Å². The van der Waals surface area contributed by atoms with Gasteiger partial charge in [-0.2, -0.15) is 13.2 Å². The van der Waals surface area contributed by atoms with Crippen LogP contribution >= 0.6 is 34.4 Å². The second-order valence-electron chi connectivity index (χ2n) is 8.12. The maximum atomic E-state index is 13.0. The third kappa shape index (κ3) is 4.98. The fraction of sp³-hybridized carbons (Fsp3) is 0.318. The summed E-state index contributed by atoms with van der Waals surface area (Å²) in [6, 6.07) is 11.6. The van der Waals surface area contributed by atoms with Gasteiger partial charge in [0.1, 0.15) is 10.6 Å². The molecule has 184 valence electrons. The van der Waals surface area contributed by atoms with Crippen LogP contribution in [-0.4, -0.2) is 42.3 Å². The van der Waals surface area contributed by atoms with Crippen molar-refractivity contribution in [3.63, 3.8) is 0 Å². The van der Waals surface area contributed by atoms with E-state index >= 15 is 0 Å². The highest BCUT2D eigenvalue weighted by atomic mass is 32.2. The van der Waals surface area contributed by atoms with Gasteiger partial charge in [-0.25, -0.2) is 0 Å². The Morgan fingerprint density at radius 2 is 1.83 bits per heavy atom. The van der Waals surface area contributed by atoms with Gasteiger partial charge >= 0.3 is 6.18 Å². The van der Waals surface area contributed by atoms with Crippen molar-refractivity contribution in [2.75, 3.05) is 41.3 Å². The Kier molecular flexibility index (Phi) is 6.40. The fourth-order valence-corrected chi connectivity index (χ4v) is 6.58. The first kappa shape index (κ1) is 23.9. The molecule has 0 aliphatic carbocycles. The van der Waals surface area contributed by atoms with Gasteiger partial charge in [0.25, 0.3) is 5.91 Å². The minimum absolute atomic E-state index is 0.225. The Labute approximate surface area is 212 Å². The third-order valence-corrected chi connectivity index (χ3v) is 9.12. The van der Waals surface area contributed by atoms with Crippen molar-refractivity contribution >= 4 is 56.8 Å². The molecule has 1 saturated heterocycles. The lowest BCUT2D eigenvalue weighted by atomic mass is 10.2. The summed E-state index contributed by atoms with van der Waals surface area (Å²) in [5.41, 5.74) is 2.04. The quantitative estimate of drug-likeness (QED) is 0.477. The number of para-hydroxylation sites is 2. The highest BCUT2D eigenvalue weighted by Gasteiger charge is 2.37. The van der Waals surface area contributed by atoms with E-state index in [4.69, 9.17) is 0 Å². The number of rotatable bonds is 5. The van der Waals surface area contributed by atoms with Crippen LogP contribution in [-0.2, 0) is 15.8 Å². The fourth-order valence-electron chi connectivity index (χ4n) is 3.91. The van der Waals surface area contributed by atoms with Crippen molar-refractivity contribution in [2.24, 2.45) is 0 Å². The smallest absolute Gasteiger partial charge is 0.366 e. The highest BCUT2D eigenvalue weighted by molar-refractivity contribution is 8.03. The molecule has 1 unspecified atom stereocenters. The summed E-state index contributed by atoms with van der Waals surface area (Å²) in [7, 11) is 0. The van der Waals surface area contributed by atoms with Crippen LogP contribution in [0.25, 0.3) is 0 Å². The van der Waals surface area contributed by atoms with Gasteiger partial charge in [0.05, 0.1) is 11.4 Å². The van der Waals surface area contributed by atoms with Gasteiger partial charge in [-0.3, -0.25) is 4.79 Å². The number of nitrogens with zero attached hydrogens (tertiary/aromatic N) is 4. The van der Waals surface area contributed by atoms with Crippen molar-refractivity contribution in [3.05, 3.63) is 62.8 Å². The number of thioether (sulfide) groups is 1. The molecular weight excluding hydrogens is 517 g/mol. The van der Waals surface area contributed by atoms with E-state index in [1.807, 2.05) is 54.1 Å². The molecule has 1 fully saturated rings. The molecule has 2 aliphatic rings. The first-order valence-electron chi connectivity index (χ1n) is 10.7. The van der Waals surface area contributed by atoms with E-state index in [-0.39, 0.29) is 15.9 Å². The van der Waals surface area contributed by atoms with Crippen molar-refractivity contribution in [3.8, 4) is 0 Å². The standard InChI is InChI=1S/C22H21F3N6OS3/c1-21(17-7-4-12-33-17)27-15(13-34-21)18(32)26-14-5-2-3-6-16(14)30-8-10-31(11-9-30)20-29-28-19(35-20)22(23,24)25/h2-7,12-13,27H,8-11H2,1H3,(H,26,32). The lowest BCUT2D eigenvalue weighted by molar-refractivity contribution is -0.138. The molecule has 13 heteroatoms. The second-order valence-corrected chi connectivity index (χ2v) is 11.3. The topological polar surface area (TPSA) is 73.4 Å². The number of hydrogen-bond donors (Lipinski definition) is 2. The third-order valence-electron chi connectivity index (χ3n) is 5.72. The van der Waals surface area contributed by atoms with Crippen molar-refractivity contribution in [1.29, 1.82) is 0 Å². The molecule has 4 heterocycles. The highest BCUT2D eigenvalue weighted by Crippen LogP contribution is 2.42. The molecule has 2 N–H and O–H groups in total. The summed E-state index contributed by atoms with van der Waals surface area (Å²) in [5, 5.41) is 16.5. The van der Waals surface area contributed by atoms with Gasteiger partial charge in [0.15, 0.2) is 0 Å². The number of amides is 1. The van der Waals surface area contributed by atoms with Gasteiger partial charge < -0.3 is 20.4 Å². The Morgan fingerprint density at radius 1 is 1.09 bits per heavy atom. The van der Waals surface area contributed by atoms with Crippen LogP contribution in [0.1, 0.15) is 16.8 Å². The minimum Gasteiger partial charge on any atom is -0.366 e. The average molecular weight is 539 g/mol. The van der Waals surface area contributed by atoms with E-state index in [9.17, 15) is 18.0 Å². The number of benzene rings is 1. The number of thiophene rings is 1. The number of anilines is 3. The van der Waals surface area contributed by atoms with Crippen LogP contribution in [0.5, 0.6) is 0 Å². The summed E-state index contributed by atoms with van der Waals surface area (Å²) < 4.78 is 38.6. The van der Waals surface area contributed by atoms with E-state index in [0.717, 1.165) is 10.6 Å². The maximum Gasteiger partial charge on any atom is 0.445 e. The predicted molar refractivity (Wildman–Crippen MR) is 135 cm³/mol. The van der Waals surface area contributed by atoms with Crippen LogP contribution in [0.15, 0.2) is 52.9 Å². The SMILES string of the molecule is CC1(c2cccs2)NC(C(=O)Nc2ccccc2N2CCN(c3nnc(C(F)(F)F)s3)CC2)=CS1. The molecule has 0 radical (unpaired) electrons. The Bertz CT molecular complexity index is 1240. The maximum absolute atomic E-state index is 13.0. The monoisotopic (exact) mass is 538 g/mol. The second kappa shape index (κ2) is 9.36. The van der Waals surface area contributed by atoms with Crippen molar-refractivity contribution in [2.45, 2.75) is 18.0 Å². The van der Waals surface area contributed by atoms with Gasteiger partial charge in [0.2, 0.25) is 10.1 Å². The molecule has 7 nitrogen and oxygen atoms in total. The van der Waals surface area contributed by atoms with Gasteiger partial charge in [0, 0.05) is 36.5 Å². The zero-order chi connectivity index (χ0) is 24.6. The number of nitrogens with one attached hydrogen (secondary N) is 2. The van der Waals surface area contributed by atoms with Crippen molar-refractivity contribution < 1.29 is 18.0 Å². The average Bonchev–Trinajstić information content (AvgIpc) is 3.60. The molecule has 1 atom stereocenters. The van der Waals surface area contributed by atoms with E-state index in [0.29, 0.717) is 48.9 Å². The number of piperazine rings is 1. The molecule has 1 amide bonds. The normalized spacial score (nSPS) is 20.5. The molecule has 2 aliphatic heterocycles. The lowest BCUT2D eigenvalue weighted by Gasteiger charge is -2.36. The van der Waals surface area contributed by atoms with Crippen LogP contribution in [0.2, 0.25) is 0 Å². The number of hydrogen-bond acceptors (Lipinski definition) is 9. The summed E-state index contributed by atoms with van der Waals surface area (Å²) in [4.78, 5) is 17.7. The molecule has 5 rings (SSSR count). The summed E-state index contributed by atoms with van der Waals surface area (Å²) in [6.45, 7) is 4.18. The first-order chi connectivity index (χ1) is 16.7. The number of aromatic nitrogens is 2. The molecule has 1 aromatic carbocycles. The number of halogens is 3.